The van der Waals surface area contributed by atoms with E-state index < -0.39 is 0 Å². The molecule has 0 spiro atoms. The van der Waals surface area contributed by atoms with Crippen LogP contribution in [0.2, 0.25) is 0 Å². The van der Waals surface area contributed by atoms with Crippen LogP contribution >= 0.6 is 0 Å². The highest BCUT2D eigenvalue weighted by molar-refractivity contribution is 6.15. The summed E-state index contributed by atoms with van der Waals surface area (Å²) in [5.74, 6) is 0.294. The molecule has 0 saturated heterocycles. The number of rotatable bonds is 7. The number of aromatic nitrogens is 2. The van der Waals surface area contributed by atoms with Gasteiger partial charge in [0.05, 0.1) is 30.6 Å². The highest BCUT2D eigenvalue weighted by atomic mass is 16.3. The van der Waals surface area contributed by atoms with E-state index in [1.807, 2.05) is 42.1 Å². The second-order valence-corrected chi connectivity index (χ2v) is 8.33. The first-order valence-corrected chi connectivity index (χ1v) is 11.2. The third kappa shape index (κ3) is 4.12. The van der Waals surface area contributed by atoms with Crippen molar-refractivity contribution in [3.8, 4) is 0 Å². The third-order valence-corrected chi connectivity index (χ3v) is 6.19. The number of amides is 1. The van der Waals surface area contributed by atoms with Crippen LogP contribution < -0.4 is 0 Å². The molecule has 6 heteroatoms. The van der Waals surface area contributed by atoms with Crippen LogP contribution in [0.25, 0.3) is 0 Å². The van der Waals surface area contributed by atoms with Gasteiger partial charge in [-0.25, -0.2) is 0 Å². The second-order valence-electron chi connectivity index (χ2n) is 8.33. The van der Waals surface area contributed by atoms with Crippen molar-refractivity contribution in [3.05, 3.63) is 112 Å². The highest BCUT2D eigenvalue weighted by Gasteiger charge is 2.27. The Hall–Kier alpha value is -3.93. The maximum atomic E-state index is 13.8. The fourth-order valence-electron chi connectivity index (χ4n) is 4.58. The van der Waals surface area contributed by atoms with Crippen molar-refractivity contribution in [1.82, 2.24) is 14.7 Å². The summed E-state index contributed by atoms with van der Waals surface area (Å²) in [6.45, 7) is 0.654. The van der Waals surface area contributed by atoms with Gasteiger partial charge in [-0.1, -0.05) is 48.5 Å². The average molecular weight is 440 g/mol. The molecule has 0 unspecified atom stereocenters. The molecular weight excluding hydrogens is 414 g/mol. The number of aryl methyl sites for hydroxylation is 1. The number of hydrogen-bond donors (Lipinski definition) is 0. The molecule has 33 heavy (non-hydrogen) atoms. The predicted molar refractivity (Wildman–Crippen MR) is 124 cm³/mol. The Morgan fingerprint density at radius 3 is 2.45 bits per heavy atom. The van der Waals surface area contributed by atoms with Crippen LogP contribution in [0, 0.1) is 0 Å². The van der Waals surface area contributed by atoms with E-state index in [9.17, 15) is 9.59 Å². The van der Waals surface area contributed by atoms with E-state index in [1.165, 1.54) is 11.3 Å². The Morgan fingerprint density at radius 1 is 0.939 bits per heavy atom. The molecule has 0 saturated carbocycles. The number of fused-ring (bicyclic) bond motifs is 1. The topological polar surface area (TPSA) is 68.3 Å². The van der Waals surface area contributed by atoms with Crippen LogP contribution in [0.1, 0.15) is 55.4 Å². The summed E-state index contributed by atoms with van der Waals surface area (Å²) >= 11 is 0. The van der Waals surface area contributed by atoms with Crippen LogP contribution in [0.5, 0.6) is 0 Å². The summed E-state index contributed by atoms with van der Waals surface area (Å²) in [4.78, 5) is 28.8. The largest absolute Gasteiger partial charge is 0.467 e. The molecule has 1 aliphatic rings. The molecule has 0 radical (unpaired) electrons. The van der Waals surface area contributed by atoms with Gasteiger partial charge in [0, 0.05) is 23.9 Å². The normalized spacial score (nSPS) is 12.5. The Kier molecular flexibility index (Phi) is 5.65. The molecule has 2 heterocycles. The van der Waals surface area contributed by atoms with Crippen molar-refractivity contribution in [2.24, 2.45) is 7.05 Å². The van der Waals surface area contributed by atoms with Gasteiger partial charge < -0.3 is 9.32 Å². The maximum Gasteiger partial charge on any atom is 0.255 e. The lowest BCUT2D eigenvalue weighted by atomic mass is 9.97. The molecule has 0 aliphatic heterocycles. The Bertz CT molecular complexity index is 1290. The molecule has 1 amide bonds. The van der Waals surface area contributed by atoms with Crippen LogP contribution in [-0.2, 0) is 33.0 Å². The molecule has 0 N–H and O–H groups in total. The molecule has 2 aromatic carbocycles. The number of ketones is 1. The molecular formula is C27H25N3O3. The molecule has 5 rings (SSSR count). The highest BCUT2D eigenvalue weighted by Crippen LogP contribution is 2.27. The van der Waals surface area contributed by atoms with Gasteiger partial charge >= 0.3 is 0 Å². The van der Waals surface area contributed by atoms with Crippen LogP contribution in [0.15, 0.2) is 77.4 Å². The van der Waals surface area contributed by atoms with Crippen molar-refractivity contribution in [3.63, 3.8) is 0 Å². The van der Waals surface area contributed by atoms with Gasteiger partial charge in [-0.15, -0.1) is 0 Å². The smallest absolute Gasteiger partial charge is 0.255 e. The third-order valence-electron chi connectivity index (χ3n) is 6.19. The molecule has 6 nitrogen and oxygen atoms in total. The quantitative estimate of drug-likeness (QED) is 0.396. The lowest BCUT2D eigenvalue weighted by Gasteiger charge is -2.22. The number of carbonyl (C=O) groups is 2. The molecule has 0 fully saturated rings. The zero-order chi connectivity index (χ0) is 22.8. The zero-order valence-electron chi connectivity index (χ0n) is 18.5. The molecule has 4 aromatic rings. The SMILES string of the molecule is Cn1nc(CN(Cc2ccco2)C(=O)c2ccccc2C(=O)c2ccccc2)c2c1CCC2. The Balaban J connectivity index is 1.50. The Morgan fingerprint density at radius 2 is 1.70 bits per heavy atom. The van der Waals surface area contributed by atoms with E-state index in [2.05, 4.69) is 0 Å². The summed E-state index contributed by atoms with van der Waals surface area (Å²) in [6.07, 6.45) is 4.70. The lowest BCUT2D eigenvalue weighted by Crippen LogP contribution is -2.31. The van der Waals surface area contributed by atoms with Crippen LogP contribution in [0.3, 0.4) is 0 Å². The molecule has 0 bridgehead atoms. The minimum Gasteiger partial charge on any atom is -0.467 e. The van der Waals surface area contributed by atoms with Gasteiger partial charge in [-0.3, -0.25) is 14.3 Å². The average Bonchev–Trinajstić information content (AvgIpc) is 3.59. The van der Waals surface area contributed by atoms with Gasteiger partial charge in [0.2, 0.25) is 0 Å². The summed E-state index contributed by atoms with van der Waals surface area (Å²) < 4.78 is 7.48. The zero-order valence-corrected chi connectivity index (χ0v) is 18.5. The second kappa shape index (κ2) is 8.90. The van der Waals surface area contributed by atoms with Crippen molar-refractivity contribution in [1.29, 1.82) is 0 Å². The van der Waals surface area contributed by atoms with Gasteiger partial charge in [0.25, 0.3) is 5.91 Å². The van der Waals surface area contributed by atoms with Crippen molar-refractivity contribution in [2.75, 3.05) is 0 Å². The molecule has 2 aromatic heterocycles. The first-order chi connectivity index (χ1) is 16.1. The number of nitrogens with zero attached hydrogens (tertiary/aromatic N) is 3. The van der Waals surface area contributed by atoms with E-state index in [1.54, 1.807) is 47.6 Å². The van der Waals surface area contributed by atoms with Crippen molar-refractivity contribution >= 4 is 11.7 Å². The maximum absolute atomic E-state index is 13.8. The first kappa shape index (κ1) is 20.9. The summed E-state index contributed by atoms with van der Waals surface area (Å²) in [5.41, 5.74) is 4.72. The molecule has 0 atom stereocenters. The van der Waals surface area contributed by atoms with Gasteiger partial charge in [0.1, 0.15) is 5.76 Å². The van der Waals surface area contributed by atoms with Gasteiger partial charge in [0.15, 0.2) is 5.78 Å². The first-order valence-electron chi connectivity index (χ1n) is 11.2. The number of hydrogen-bond acceptors (Lipinski definition) is 4. The summed E-state index contributed by atoms with van der Waals surface area (Å²) in [6, 6.07) is 19.7. The monoisotopic (exact) mass is 439 g/mol. The fourth-order valence-corrected chi connectivity index (χ4v) is 4.58. The standard InChI is InChI=1S/C27H25N3O3/c1-29-25-15-7-14-23(25)24(28-29)18-30(17-20-11-8-16-33-20)27(32)22-13-6-5-12-21(22)26(31)19-9-3-2-4-10-19/h2-6,8-13,16H,7,14-15,17-18H2,1H3. The van der Waals surface area contributed by atoms with Crippen LogP contribution in [0.4, 0.5) is 0 Å². The van der Waals surface area contributed by atoms with E-state index >= 15 is 0 Å². The molecule has 166 valence electrons. The van der Waals surface area contributed by atoms with Gasteiger partial charge in [-0.2, -0.15) is 5.10 Å². The fraction of sp³-hybridized carbons (Fsp3) is 0.222. The van der Waals surface area contributed by atoms with Crippen molar-refractivity contribution in [2.45, 2.75) is 32.4 Å². The van der Waals surface area contributed by atoms with E-state index in [4.69, 9.17) is 9.52 Å². The van der Waals surface area contributed by atoms with Gasteiger partial charge in [-0.05, 0) is 43.0 Å². The van der Waals surface area contributed by atoms with E-state index in [-0.39, 0.29) is 11.7 Å². The van der Waals surface area contributed by atoms with Crippen LogP contribution in [-0.4, -0.2) is 26.4 Å². The van der Waals surface area contributed by atoms with E-state index in [0.29, 0.717) is 35.5 Å². The minimum atomic E-state index is -0.219. The lowest BCUT2D eigenvalue weighted by molar-refractivity contribution is 0.0711. The number of furan rings is 1. The minimum absolute atomic E-state index is 0.170. The van der Waals surface area contributed by atoms with Crippen molar-refractivity contribution < 1.29 is 14.0 Å². The number of benzene rings is 2. The van der Waals surface area contributed by atoms with E-state index in [0.717, 1.165) is 25.0 Å². The summed E-state index contributed by atoms with van der Waals surface area (Å²) in [7, 11) is 1.96. The molecule has 1 aliphatic carbocycles. The Labute approximate surface area is 192 Å². The summed E-state index contributed by atoms with van der Waals surface area (Å²) in [5, 5.41) is 4.71. The predicted octanol–water partition coefficient (Wildman–Crippen LogP) is 4.58. The number of carbonyl (C=O) groups excluding carboxylic acids is 2.